The Morgan fingerprint density at radius 3 is 2.63 bits per heavy atom. The number of morpholine rings is 1. The van der Waals surface area contributed by atoms with Crippen LogP contribution in [-0.4, -0.2) is 55.5 Å². The molecule has 0 radical (unpaired) electrons. The molecular weight excluding hydrogens is 385 g/mol. The number of hydrogen-bond donors (Lipinski definition) is 0. The van der Waals surface area contributed by atoms with Crippen molar-refractivity contribution in [2.24, 2.45) is 5.16 Å². The van der Waals surface area contributed by atoms with Crippen molar-refractivity contribution in [3.05, 3.63) is 65.5 Å². The number of carbonyl (C=O) groups excluding carboxylic acids is 1. The highest BCUT2D eigenvalue weighted by molar-refractivity contribution is 6.05. The minimum absolute atomic E-state index is 0.186. The summed E-state index contributed by atoms with van der Waals surface area (Å²) in [5.41, 5.74) is 1.84. The van der Waals surface area contributed by atoms with Crippen molar-refractivity contribution >= 4 is 17.3 Å². The van der Waals surface area contributed by atoms with Crippen LogP contribution in [0.3, 0.4) is 0 Å². The maximum Gasteiger partial charge on any atom is 0.269 e. The van der Waals surface area contributed by atoms with Crippen molar-refractivity contribution < 1.29 is 18.8 Å². The molecule has 2 heterocycles. The molecule has 0 aromatic heterocycles. The first kappa shape index (κ1) is 20.3. The Morgan fingerprint density at radius 2 is 1.87 bits per heavy atom. The summed E-state index contributed by atoms with van der Waals surface area (Å²) in [6.07, 6.45) is 0.224. The Morgan fingerprint density at radius 1 is 1.17 bits per heavy atom. The monoisotopic (exact) mass is 411 g/mol. The molecule has 1 atom stereocenters. The van der Waals surface area contributed by atoms with Crippen LogP contribution in [0, 0.1) is 5.82 Å². The molecule has 2 aromatic rings. The van der Waals surface area contributed by atoms with Gasteiger partial charge in [-0.05, 0) is 24.6 Å². The molecule has 0 spiro atoms. The van der Waals surface area contributed by atoms with E-state index in [1.54, 1.807) is 37.1 Å². The van der Waals surface area contributed by atoms with Gasteiger partial charge in [0.2, 0.25) is 5.60 Å². The van der Waals surface area contributed by atoms with Gasteiger partial charge in [-0.1, -0.05) is 41.6 Å². The lowest BCUT2D eigenvalue weighted by molar-refractivity contribution is -0.152. The fraction of sp³-hybridized carbons (Fsp3) is 0.391. The largest absolute Gasteiger partial charge is 0.379 e. The molecule has 6 nitrogen and oxygen atoms in total. The van der Waals surface area contributed by atoms with Crippen LogP contribution in [0.25, 0.3) is 0 Å². The highest BCUT2D eigenvalue weighted by atomic mass is 19.1. The average molecular weight is 411 g/mol. The van der Waals surface area contributed by atoms with Crippen molar-refractivity contribution in [3.8, 4) is 0 Å². The standard InChI is InChI=1S/C23H26FN3O3/c1-23(15-20(25-30-23)18-8-4-5-9-19(18)24)22(28)26(2)16-17-7-3-6-10-21(17)27-11-13-29-14-12-27/h3-10H,11-16H2,1-2H3. The molecular formula is C23H26FN3O3. The van der Waals surface area contributed by atoms with Gasteiger partial charge >= 0.3 is 0 Å². The number of rotatable bonds is 5. The van der Waals surface area contributed by atoms with Crippen LogP contribution in [0.15, 0.2) is 53.7 Å². The maximum absolute atomic E-state index is 14.1. The van der Waals surface area contributed by atoms with Crippen LogP contribution in [0.1, 0.15) is 24.5 Å². The van der Waals surface area contributed by atoms with Gasteiger partial charge < -0.3 is 19.4 Å². The van der Waals surface area contributed by atoms with Crippen molar-refractivity contribution in [1.29, 1.82) is 0 Å². The first-order valence-corrected chi connectivity index (χ1v) is 10.1. The smallest absolute Gasteiger partial charge is 0.269 e. The number of hydrogen-bond acceptors (Lipinski definition) is 5. The fourth-order valence-corrected chi connectivity index (χ4v) is 3.98. The second-order valence-corrected chi connectivity index (χ2v) is 7.91. The Hall–Kier alpha value is -2.93. The Labute approximate surface area is 175 Å². The van der Waals surface area contributed by atoms with E-state index in [0.29, 0.717) is 31.0 Å². The van der Waals surface area contributed by atoms with Crippen molar-refractivity contribution in [1.82, 2.24) is 4.90 Å². The van der Waals surface area contributed by atoms with E-state index >= 15 is 0 Å². The zero-order chi connectivity index (χ0) is 21.1. The number of halogens is 1. The van der Waals surface area contributed by atoms with E-state index in [9.17, 15) is 9.18 Å². The number of oxime groups is 1. The Balaban J connectivity index is 1.47. The lowest BCUT2D eigenvalue weighted by Gasteiger charge is -2.32. The lowest BCUT2D eigenvalue weighted by Crippen LogP contribution is -2.45. The number of benzene rings is 2. The molecule has 1 saturated heterocycles. The third-order valence-electron chi connectivity index (χ3n) is 5.60. The Kier molecular flexibility index (Phi) is 5.72. The lowest BCUT2D eigenvalue weighted by atomic mass is 9.94. The number of ether oxygens (including phenoxy) is 1. The minimum Gasteiger partial charge on any atom is -0.379 e. The summed E-state index contributed by atoms with van der Waals surface area (Å²) in [6, 6.07) is 14.5. The third kappa shape index (κ3) is 4.03. The summed E-state index contributed by atoms with van der Waals surface area (Å²) in [5.74, 6) is -0.557. The van der Waals surface area contributed by atoms with Gasteiger partial charge in [-0.15, -0.1) is 0 Å². The minimum atomic E-state index is -1.15. The van der Waals surface area contributed by atoms with E-state index in [-0.39, 0.29) is 18.1 Å². The normalized spacial score (nSPS) is 21.2. The summed E-state index contributed by atoms with van der Waals surface area (Å²) in [7, 11) is 1.76. The maximum atomic E-state index is 14.1. The molecule has 2 aliphatic rings. The van der Waals surface area contributed by atoms with Crippen LogP contribution >= 0.6 is 0 Å². The first-order chi connectivity index (χ1) is 14.5. The molecule has 0 N–H and O–H groups in total. The molecule has 1 unspecified atom stereocenters. The van der Waals surface area contributed by atoms with Gasteiger partial charge in [0.25, 0.3) is 5.91 Å². The average Bonchev–Trinajstić information content (AvgIpc) is 3.17. The number of nitrogens with zero attached hydrogens (tertiary/aromatic N) is 3. The number of amides is 1. The predicted molar refractivity (Wildman–Crippen MR) is 113 cm³/mol. The van der Waals surface area contributed by atoms with E-state index in [4.69, 9.17) is 9.57 Å². The van der Waals surface area contributed by atoms with Crippen LogP contribution in [0.5, 0.6) is 0 Å². The van der Waals surface area contributed by atoms with Crippen LogP contribution in [0.2, 0.25) is 0 Å². The molecule has 1 amide bonds. The molecule has 1 fully saturated rings. The van der Waals surface area contributed by atoms with E-state index in [1.165, 1.54) is 6.07 Å². The highest BCUT2D eigenvalue weighted by Crippen LogP contribution is 2.30. The third-order valence-corrected chi connectivity index (χ3v) is 5.60. The second kappa shape index (κ2) is 8.44. The van der Waals surface area contributed by atoms with Gasteiger partial charge in [0, 0.05) is 44.4 Å². The second-order valence-electron chi connectivity index (χ2n) is 7.91. The van der Waals surface area contributed by atoms with E-state index in [2.05, 4.69) is 16.1 Å². The molecule has 2 aromatic carbocycles. The molecule has 158 valence electrons. The number of anilines is 1. The predicted octanol–water partition coefficient (Wildman–Crippen LogP) is 3.20. The number of para-hydroxylation sites is 1. The van der Waals surface area contributed by atoms with Gasteiger partial charge in [-0.25, -0.2) is 4.39 Å². The molecule has 2 aliphatic heterocycles. The number of carbonyl (C=O) groups is 1. The van der Waals surface area contributed by atoms with E-state index in [1.807, 2.05) is 18.2 Å². The van der Waals surface area contributed by atoms with Gasteiger partial charge in [0.15, 0.2) is 0 Å². The van der Waals surface area contributed by atoms with Gasteiger partial charge in [-0.3, -0.25) is 4.79 Å². The zero-order valence-electron chi connectivity index (χ0n) is 17.3. The quantitative estimate of drug-likeness (QED) is 0.758. The summed E-state index contributed by atoms with van der Waals surface area (Å²) in [4.78, 5) is 22.7. The Bertz CT molecular complexity index is 958. The van der Waals surface area contributed by atoms with Gasteiger partial charge in [0.05, 0.1) is 18.9 Å². The fourth-order valence-electron chi connectivity index (χ4n) is 3.98. The van der Waals surface area contributed by atoms with Crippen LogP contribution < -0.4 is 4.90 Å². The first-order valence-electron chi connectivity index (χ1n) is 10.1. The SMILES string of the molecule is CN(Cc1ccccc1N1CCOCC1)C(=O)C1(C)CC(c2ccccc2F)=NO1. The summed E-state index contributed by atoms with van der Waals surface area (Å²) >= 11 is 0. The molecule has 4 rings (SSSR count). The van der Waals surface area contributed by atoms with Crippen LogP contribution in [-0.2, 0) is 20.9 Å². The molecule has 30 heavy (non-hydrogen) atoms. The molecule has 0 bridgehead atoms. The topological polar surface area (TPSA) is 54.4 Å². The van der Waals surface area contributed by atoms with Crippen LogP contribution in [0.4, 0.5) is 10.1 Å². The van der Waals surface area contributed by atoms with Crippen molar-refractivity contribution in [2.45, 2.75) is 25.5 Å². The highest BCUT2D eigenvalue weighted by Gasteiger charge is 2.44. The molecule has 0 aliphatic carbocycles. The summed E-state index contributed by atoms with van der Waals surface area (Å²) < 4.78 is 19.6. The van der Waals surface area contributed by atoms with E-state index < -0.39 is 5.60 Å². The number of likely N-dealkylation sites (N-methyl/N-ethyl adjacent to an activating group) is 1. The molecule has 7 heteroatoms. The van der Waals surface area contributed by atoms with E-state index in [0.717, 1.165) is 24.3 Å². The molecule has 0 saturated carbocycles. The van der Waals surface area contributed by atoms with Crippen molar-refractivity contribution in [2.75, 3.05) is 38.3 Å². The summed E-state index contributed by atoms with van der Waals surface area (Å²) in [5, 5.41) is 4.03. The van der Waals surface area contributed by atoms with Crippen molar-refractivity contribution in [3.63, 3.8) is 0 Å². The summed E-state index contributed by atoms with van der Waals surface area (Å²) in [6.45, 7) is 5.21. The van der Waals surface area contributed by atoms with Gasteiger partial charge in [-0.2, -0.15) is 0 Å². The zero-order valence-corrected chi connectivity index (χ0v) is 17.3. The van der Waals surface area contributed by atoms with Gasteiger partial charge in [0.1, 0.15) is 5.82 Å².